The maximum atomic E-state index is 11.8. The van der Waals surface area contributed by atoms with Crippen LogP contribution in [0.25, 0.3) is 10.9 Å². The molecule has 0 saturated heterocycles. The summed E-state index contributed by atoms with van der Waals surface area (Å²) >= 11 is 0. The molecule has 0 unspecified atom stereocenters. The summed E-state index contributed by atoms with van der Waals surface area (Å²) in [5, 5.41) is 1.01. The number of hydrogen-bond donors (Lipinski definition) is 1. The van der Waals surface area contributed by atoms with E-state index in [2.05, 4.69) is 9.97 Å². The molecule has 1 saturated carbocycles. The van der Waals surface area contributed by atoms with Gasteiger partial charge in [0.2, 0.25) is 5.88 Å². The van der Waals surface area contributed by atoms with E-state index in [0.29, 0.717) is 24.1 Å². The Labute approximate surface area is 110 Å². The van der Waals surface area contributed by atoms with Gasteiger partial charge in [-0.05, 0) is 37.3 Å². The first-order valence-electron chi connectivity index (χ1n) is 6.47. The van der Waals surface area contributed by atoms with E-state index in [4.69, 9.17) is 9.47 Å². The maximum Gasteiger partial charge on any atom is 0.354 e. The molecule has 3 rings (SSSR count). The van der Waals surface area contributed by atoms with Crippen molar-refractivity contribution in [2.75, 3.05) is 13.7 Å². The van der Waals surface area contributed by atoms with Gasteiger partial charge >= 0.3 is 5.97 Å². The summed E-state index contributed by atoms with van der Waals surface area (Å²) in [4.78, 5) is 19.2. The highest BCUT2D eigenvalue weighted by Gasteiger charge is 2.28. The molecule has 5 nitrogen and oxygen atoms in total. The number of aromatic amines is 1. The van der Waals surface area contributed by atoms with Gasteiger partial charge < -0.3 is 14.5 Å². The van der Waals surface area contributed by atoms with Crippen LogP contribution in [0.1, 0.15) is 41.7 Å². The molecule has 0 radical (unpaired) electrons. The zero-order valence-electron chi connectivity index (χ0n) is 11.0. The smallest absolute Gasteiger partial charge is 0.354 e. The van der Waals surface area contributed by atoms with E-state index in [-0.39, 0.29) is 5.97 Å². The van der Waals surface area contributed by atoms with Crippen molar-refractivity contribution in [1.82, 2.24) is 9.97 Å². The van der Waals surface area contributed by atoms with E-state index >= 15 is 0 Å². The first kappa shape index (κ1) is 12.0. The number of pyridine rings is 1. The normalized spacial score (nSPS) is 14.6. The Hall–Kier alpha value is -2.04. The molecule has 0 atom stereocenters. The third-order valence-corrected chi connectivity index (χ3v) is 3.37. The van der Waals surface area contributed by atoms with Gasteiger partial charge in [-0.2, -0.15) is 0 Å². The molecule has 2 aromatic rings. The molecule has 1 N–H and O–H groups in total. The Balaban J connectivity index is 2.12. The van der Waals surface area contributed by atoms with Crippen molar-refractivity contribution < 1.29 is 14.3 Å². The molecule has 100 valence electrons. The van der Waals surface area contributed by atoms with Crippen LogP contribution in [0.15, 0.2) is 12.3 Å². The summed E-state index contributed by atoms with van der Waals surface area (Å²) in [7, 11) is 1.57. The number of nitrogens with one attached hydrogen (secondary N) is 1. The number of H-pyrrole nitrogens is 1. The number of methoxy groups -OCH3 is 1. The number of carbonyl (C=O) groups excluding carboxylic acids is 1. The molecule has 1 fully saturated rings. The van der Waals surface area contributed by atoms with Gasteiger partial charge in [0.05, 0.1) is 13.7 Å². The minimum absolute atomic E-state index is 0.345. The van der Waals surface area contributed by atoms with E-state index in [1.165, 1.54) is 18.4 Å². The van der Waals surface area contributed by atoms with Gasteiger partial charge in [0.25, 0.3) is 0 Å². The lowest BCUT2D eigenvalue weighted by Gasteiger charge is -2.04. The second-order valence-electron chi connectivity index (χ2n) is 4.69. The summed E-state index contributed by atoms with van der Waals surface area (Å²) < 4.78 is 10.3. The van der Waals surface area contributed by atoms with E-state index < -0.39 is 0 Å². The van der Waals surface area contributed by atoms with Gasteiger partial charge in [0.1, 0.15) is 11.2 Å². The Morgan fingerprint density at radius 1 is 1.53 bits per heavy atom. The SMILES string of the molecule is CCOC(=O)c1cc2c(C3CC3)cnc(OC)c2[nH]1. The standard InChI is InChI=1S/C14H16N2O3/c1-3-19-14(17)11-6-9-10(8-4-5-8)7-15-13(18-2)12(9)16-11/h6-8,16H,3-5H2,1-2H3. The fourth-order valence-electron chi connectivity index (χ4n) is 2.31. The fourth-order valence-corrected chi connectivity index (χ4v) is 2.31. The van der Waals surface area contributed by atoms with E-state index in [0.717, 1.165) is 10.9 Å². The highest BCUT2D eigenvalue weighted by Crippen LogP contribution is 2.44. The monoisotopic (exact) mass is 260 g/mol. The number of nitrogens with zero attached hydrogens (tertiary/aromatic N) is 1. The average Bonchev–Trinajstić information content (AvgIpc) is 3.15. The molecule has 0 aliphatic heterocycles. The van der Waals surface area contributed by atoms with Crippen molar-refractivity contribution >= 4 is 16.9 Å². The van der Waals surface area contributed by atoms with E-state index in [9.17, 15) is 4.79 Å². The Morgan fingerprint density at radius 2 is 2.32 bits per heavy atom. The average molecular weight is 260 g/mol. The quantitative estimate of drug-likeness (QED) is 0.858. The van der Waals surface area contributed by atoms with E-state index in [1.807, 2.05) is 12.3 Å². The van der Waals surface area contributed by atoms with Crippen LogP contribution in [0.5, 0.6) is 5.88 Å². The number of hydrogen-bond acceptors (Lipinski definition) is 4. The van der Waals surface area contributed by atoms with Gasteiger partial charge in [-0.25, -0.2) is 9.78 Å². The summed E-state index contributed by atoms with van der Waals surface area (Å²) in [6.07, 6.45) is 4.22. The van der Waals surface area contributed by atoms with Gasteiger partial charge in [0, 0.05) is 11.6 Å². The van der Waals surface area contributed by atoms with Gasteiger partial charge in [0.15, 0.2) is 0 Å². The summed E-state index contributed by atoms with van der Waals surface area (Å²) in [6, 6.07) is 1.84. The Morgan fingerprint density at radius 3 is 2.95 bits per heavy atom. The van der Waals surface area contributed by atoms with Crippen molar-refractivity contribution in [2.24, 2.45) is 0 Å². The highest BCUT2D eigenvalue weighted by molar-refractivity contribution is 5.97. The summed E-state index contributed by atoms with van der Waals surface area (Å²) in [5.74, 6) is 0.726. The number of ether oxygens (including phenoxy) is 2. The molecular formula is C14H16N2O3. The highest BCUT2D eigenvalue weighted by atomic mass is 16.5. The van der Waals surface area contributed by atoms with Crippen LogP contribution in [0.2, 0.25) is 0 Å². The molecule has 0 spiro atoms. The van der Waals surface area contributed by atoms with Crippen molar-refractivity contribution in [2.45, 2.75) is 25.7 Å². The molecule has 0 bridgehead atoms. The van der Waals surface area contributed by atoms with E-state index in [1.54, 1.807) is 14.0 Å². The predicted octanol–water partition coefficient (Wildman–Crippen LogP) is 2.63. The van der Waals surface area contributed by atoms with Gasteiger partial charge in [-0.1, -0.05) is 0 Å². The minimum Gasteiger partial charge on any atom is -0.479 e. The van der Waals surface area contributed by atoms with Crippen LogP contribution in [0.3, 0.4) is 0 Å². The topological polar surface area (TPSA) is 64.2 Å². The molecule has 19 heavy (non-hydrogen) atoms. The fraction of sp³-hybridized carbons (Fsp3) is 0.429. The van der Waals surface area contributed by atoms with Gasteiger partial charge in [-0.15, -0.1) is 0 Å². The zero-order valence-corrected chi connectivity index (χ0v) is 11.0. The van der Waals surface area contributed by atoms with Crippen molar-refractivity contribution in [3.8, 4) is 5.88 Å². The molecule has 2 aromatic heterocycles. The van der Waals surface area contributed by atoms with Crippen LogP contribution in [-0.4, -0.2) is 29.7 Å². The molecule has 1 aliphatic carbocycles. The minimum atomic E-state index is -0.345. The number of rotatable bonds is 4. The lowest BCUT2D eigenvalue weighted by molar-refractivity contribution is 0.0520. The van der Waals surface area contributed by atoms with Crippen molar-refractivity contribution in [1.29, 1.82) is 0 Å². The van der Waals surface area contributed by atoms with Crippen LogP contribution < -0.4 is 4.74 Å². The van der Waals surface area contributed by atoms with Crippen LogP contribution >= 0.6 is 0 Å². The van der Waals surface area contributed by atoms with Crippen LogP contribution in [0.4, 0.5) is 0 Å². The lowest BCUT2D eigenvalue weighted by Crippen LogP contribution is -2.04. The summed E-state index contributed by atoms with van der Waals surface area (Å²) in [5.41, 5.74) is 2.41. The van der Waals surface area contributed by atoms with Crippen LogP contribution in [-0.2, 0) is 4.74 Å². The summed E-state index contributed by atoms with van der Waals surface area (Å²) in [6.45, 7) is 2.15. The first-order valence-corrected chi connectivity index (χ1v) is 6.47. The second kappa shape index (κ2) is 4.57. The first-order chi connectivity index (χ1) is 9.24. The predicted molar refractivity (Wildman–Crippen MR) is 70.6 cm³/mol. The Kier molecular flexibility index (Phi) is 2.89. The van der Waals surface area contributed by atoms with Gasteiger partial charge in [-0.3, -0.25) is 0 Å². The third kappa shape index (κ3) is 2.05. The molecule has 1 aliphatic rings. The lowest BCUT2D eigenvalue weighted by atomic mass is 10.1. The number of carbonyl (C=O) groups is 1. The number of esters is 1. The largest absolute Gasteiger partial charge is 0.479 e. The maximum absolute atomic E-state index is 11.8. The molecule has 0 amide bonds. The molecule has 5 heteroatoms. The molecule has 0 aromatic carbocycles. The number of fused-ring (bicyclic) bond motifs is 1. The van der Waals surface area contributed by atoms with Crippen molar-refractivity contribution in [3.63, 3.8) is 0 Å². The zero-order chi connectivity index (χ0) is 13.4. The Bertz CT molecular complexity index is 629. The molecular weight excluding hydrogens is 244 g/mol. The second-order valence-corrected chi connectivity index (χ2v) is 4.69. The number of aromatic nitrogens is 2. The third-order valence-electron chi connectivity index (χ3n) is 3.37. The van der Waals surface area contributed by atoms with Crippen molar-refractivity contribution in [3.05, 3.63) is 23.5 Å². The van der Waals surface area contributed by atoms with Crippen LogP contribution in [0, 0.1) is 0 Å². The molecule has 2 heterocycles.